The minimum Gasteiger partial charge on any atom is -0.334 e. The van der Waals surface area contributed by atoms with Gasteiger partial charge in [0.25, 0.3) is 5.56 Å². The largest absolute Gasteiger partial charge is 0.334 e. The zero-order valence-corrected chi connectivity index (χ0v) is 20.5. The third-order valence-electron chi connectivity index (χ3n) is 5.31. The number of thioether (sulfide) groups is 1. The van der Waals surface area contributed by atoms with Gasteiger partial charge in [-0.15, -0.1) is 11.3 Å². The summed E-state index contributed by atoms with van der Waals surface area (Å²) >= 11 is 2.59. The Bertz CT molecular complexity index is 1330. The fourth-order valence-electron chi connectivity index (χ4n) is 3.59. The lowest BCUT2D eigenvalue weighted by molar-refractivity contribution is -0.133. The first kappa shape index (κ1) is 23.1. The summed E-state index contributed by atoms with van der Waals surface area (Å²) in [5.41, 5.74) is 2.16. The van der Waals surface area contributed by atoms with Crippen molar-refractivity contribution in [3.05, 3.63) is 82.0 Å². The van der Waals surface area contributed by atoms with Crippen molar-refractivity contribution < 1.29 is 4.79 Å². The minimum atomic E-state index is -0.356. The Kier molecular flexibility index (Phi) is 6.58. The number of rotatable bonds is 6. The van der Waals surface area contributed by atoms with Gasteiger partial charge in [0.1, 0.15) is 4.83 Å². The van der Waals surface area contributed by atoms with Crippen LogP contribution in [0.15, 0.2) is 76.0 Å². The number of nitrogens with two attached hydrogens (primary N) is 1. The van der Waals surface area contributed by atoms with E-state index >= 15 is 0 Å². The van der Waals surface area contributed by atoms with Crippen LogP contribution in [0.5, 0.6) is 0 Å². The molecule has 170 valence electrons. The first-order chi connectivity index (χ1) is 15.8. The van der Waals surface area contributed by atoms with E-state index in [1.807, 2.05) is 91.7 Å². The van der Waals surface area contributed by atoms with E-state index in [4.69, 9.17) is 5.84 Å². The van der Waals surface area contributed by atoms with Gasteiger partial charge in [0, 0.05) is 23.0 Å². The van der Waals surface area contributed by atoms with Crippen LogP contribution in [0.25, 0.3) is 21.3 Å². The van der Waals surface area contributed by atoms with E-state index in [9.17, 15) is 9.59 Å². The molecule has 2 heterocycles. The number of carbonyl (C=O) groups excluding carboxylic acids is 1. The summed E-state index contributed by atoms with van der Waals surface area (Å²) in [7, 11) is 0. The monoisotopic (exact) mass is 478 g/mol. The van der Waals surface area contributed by atoms with Crippen LogP contribution in [0, 0.1) is 0 Å². The van der Waals surface area contributed by atoms with Gasteiger partial charge >= 0.3 is 0 Å². The van der Waals surface area contributed by atoms with Crippen molar-refractivity contribution in [3.8, 4) is 11.1 Å². The number of carbonyl (C=O) groups is 1. The van der Waals surface area contributed by atoms with Crippen molar-refractivity contribution in [3.63, 3.8) is 0 Å². The summed E-state index contributed by atoms with van der Waals surface area (Å²) in [5.74, 6) is 6.22. The van der Waals surface area contributed by atoms with Crippen LogP contribution >= 0.6 is 23.1 Å². The Balaban J connectivity index is 1.58. The van der Waals surface area contributed by atoms with Crippen LogP contribution in [-0.2, 0) is 11.3 Å². The van der Waals surface area contributed by atoms with Gasteiger partial charge < -0.3 is 10.7 Å². The Morgan fingerprint density at radius 1 is 1.09 bits per heavy atom. The number of aromatic nitrogens is 2. The molecule has 0 aliphatic heterocycles. The highest BCUT2D eigenvalue weighted by Crippen LogP contribution is 2.32. The number of hydrogen-bond donors (Lipinski definition) is 1. The minimum absolute atomic E-state index is 0.0400. The van der Waals surface area contributed by atoms with Gasteiger partial charge in [0.15, 0.2) is 5.16 Å². The zero-order chi connectivity index (χ0) is 23.6. The van der Waals surface area contributed by atoms with Crippen LogP contribution in [0.2, 0.25) is 0 Å². The SMILES string of the molecule is CC(C)(C)N(Cc1ccccc1)C(=O)CSc1nc2scc(-c3ccccc3)c2c(=O)n1N. The number of thiophene rings is 1. The lowest BCUT2D eigenvalue weighted by Gasteiger charge is -2.36. The first-order valence-electron chi connectivity index (χ1n) is 10.6. The lowest BCUT2D eigenvalue weighted by Crippen LogP contribution is -2.46. The molecule has 0 spiro atoms. The fourth-order valence-corrected chi connectivity index (χ4v) is 5.37. The van der Waals surface area contributed by atoms with Crippen LogP contribution in [0.4, 0.5) is 0 Å². The second kappa shape index (κ2) is 9.41. The van der Waals surface area contributed by atoms with Gasteiger partial charge in [-0.25, -0.2) is 9.66 Å². The number of nitrogens with zero attached hydrogens (tertiary/aromatic N) is 3. The molecule has 6 nitrogen and oxygen atoms in total. The average Bonchev–Trinajstić information content (AvgIpc) is 3.23. The number of amides is 1. The second-order valence-electron chi connectivity index (χ2n) is 8.69. The molecule has 0 unspecified atom stereocenters. The van der Waals surface area contributed by atoms with Crippen LogP contribution in [0.1, 0.15) is 26.3 Å². The Morgan fingerprint density at radius 2 is 1.73 bits per heavy atom. The van der Waals surface area contributed by atoms with Crippen LogP contribution in [0.3, 0.4) is 0 Å². The molecule has 0 aliphatic rings. The van der Waals surface area contributed by atoms with Gasteiger partial charge in [-0.3, -0.25) is 9.59 Å². The van der Waals surface area contributed by atoms with Gasteiger partial charge in [-0.2, -0.15) is 0 Å². The molecule has 4 rings (SSSR count). The lowest BCUT2D eigenvalue weighted by atomic mass is 10.0. The first-order valence-corrected chi connectivity index (χ1v) is 12.4. The molecule has 0 saturated carbocycles. The summed E-state index contributed by atoms with van der Waals surface area (Å²) in [4.78, 5) is 33.3. The van der Waals surface area contributed by atoms with Crippen molar-refractivity contribution in [2.24, 2.45) is 0 Å². The van der Waals surface area contributed by atoms with Gasteiger partial charge in [-0.1, -0.05) is 72.4 Å². The highest BCUT2D eigenvalue weighted by molar-refractivity contribution is 7.99. The highest BCUT2D eigenvalue weighted by atomic mass is 32.2. The molecule has 4 aromatic rings. The normalized spacial score (nSPS) is 11.6. The number of benzene rings is 2. The number of fused-ring (bicyclic) bond motifs is 1. The molecule has 2 aromatic carbocycles. The highest BCUT2D eigenvalue weighted by Gasteiger charge is 2.27. The van der Waals surface area contributed by atoms with Gasteiger partial charge in [-0.05, 0) is 31.9 Å². The van der Waals surface area contributed by atoms with E-state index in [-0.39, 0.29) is 22.8 Å². The van der Waals surface area contributed by atoms with E-state index in [2.05, 4.69) is 4.98 Å². The molecule has 8 heteroatoms. The summed E-state index contributed by atoms with van der Waals surface area (Å²) < 4.78 is 1.05. The van der Waals surface area contributed by atoms with Gasteiger partial charge in [0.2, 0.25) is 5.91 Å². The fraction of sp³-hybridized carbons (Fsp3) is 0.240. The van der Waals surface area contributed by atoms with Gasteiger partial charge in [0.05, 0.1) is 11.1 Å². The van der Waals surface area contributed by atoms with Crippen LogP contribution < -0.4 is 11.4 Å². The Hall–Kier alpha value is -3.10. The third-order valence-corrected chi connectivity index (χ3v) is 7.12. The average molecular weight is 479 g/mol. The van der Waals surface area contributed by atoms with Crippen molar-refractivity contribution in [1.82, 2.24) is 14.6 Å². The molecule has 0 bridgehead atoms. The maximum atomic E-state index is 13.2. The summed E-state index contributed by atoms with van der Waals surface area (Å²) in [6.45, 7) is 6.55. The zero-order valence-electron chi connectivity index (χ0n) is 18.8. The quantitative estimate of drug-likeness (QED) is 0.246. The molecule has 0 radical (unpaired) electrons. The van der Waals surface area contributed by atoms with Crippen LogP contribution in [-0.4, -0.2) is 31.8 Å². The molecular formula is C25H26N4O2S2. The smallest absolute Gasteiger partial charge is 0.282 e. The van der Waals surface area contributed by atoms with Crippen molar-refractivity contribution >= 4 is 39.2 Å². The van der Waals surface area contributed by atoms with E-state index < -0.39 is 0 Å². The van der Waals surface area contributed by atoms with Crippen molar-refractivity contribution in [2.75, 3.05) is 11.6 Å². The molecule has 1 amide bonds. The molecule has 33 heavy (non-hydrogen) atoms. The maximum absolute atomic E-state index is 13.2. The molecule has 0 saturated heterocycles. The number of nitrogen functional groups attached to an aromatic ring is 1. The summed E-state index contributed by atoms with van der Waals surface area (Å²) in [6.07, 6.45) is 0. The molecule has 2 aromatic heterocycles. The second-order valence-corrected chi connectivity index (χ2v) is 10.5. The van der Waals surface area contributed by atoms with E-state index in [0.717, 1.165) is 21.4 Å². The van der Waals surface area contributed by atoms with E-state index in [1.165, 1.54) is 23.1 Å². The summed E-state index contributed by atoms with van der Waals surface area (Å²) in [6, 6.07) is 19.6. The van der Waals surface area contributed by atoms with E-state index in [1.54, 1.807) is 0 Å². The third kappa shape index (κ3) is 4.96. The molecule has 0 atom stereocenters. The summed E-state index contributed by atoms with van der Waals surface area (Å²) in [5, 5.41) is 2.76. The molecule has 0 aliphatic carbocycles. The Labute approximate surface area is 201 Å². The molecule has 0 fully saturated rings. The predicted molar refractivity (Wildman–Crippen MR) is 137 cm³/mol. The predicted octanol–water partition coefficient (Wildman–Crippen LogP) is 4.76. The maximum Gasteiger partial charge on any atom is 0.282 e. The molecular weight excluding hydrogens is 452 g/mol. The van der Waals surface area contributed by atoms with E-state index in [0.29, 0.717) is 21.9 Å². The Morgan fingerprint density at radius 3 is 2.36 bits per heavy atom. The van der Waals surface area contributed by atoms with Crippen molar-refractivity contribution in [1.29, 1.82) is 0 Å². The number of hydrogen-bond acceptors (Lipinski definition) is 6. The molecule has 2 N–H and O–H groups in total. The van der Waals surface area contributed by atoms with Crippen molar-refractivity contribution in [2.45, 2.75) is 38.0 Å². The standard InChI is InChI=1S/C25H26N4O2S2/c1-25(2,3)28(14-17-10-6-4-7-11-17)20(30)16-33-24-27-22-21(23(31)29(24)26)19(15-32-22)18-12-8-5-9-13-18/h4-13,15H,14,16,26H2,1-3H3. The topological polar surface area (TPSA) is 81.2 Å².